The molecular weight excluding hydrogens is 347 g/mol. The van der Waals surface area contributed by atoms with E-state index in [1.54, 1.807) is 24.3 Å². The third-order valence-corrected chi connectivity index (χ3v) is 4.29. The summed E-state index contributed by atoms with van der Waals surface area (Å²) in [5.74, 6) is -0.174. The van der Waals surface area contributed by atoms with Gasteiger partial charge in [0.25, 0.3) is 0 Å². The van der Waals surface area contributed by atoms with Crippen LogP contribution in [-0.4, -0.2) is 26.0 Å². The number of carbonyl (C=O) groups excluding carboxylic acids is 1. The number of benzene rings is 2. The van der Waals surface area contributed by atoms with E-state index in [9.17, 15) is 18.3 Å². The minimum Gasteiger partial charge on any atom is -0.526 e. The SMILES string of the molecule is O=C1CN(c2ccc(Oc3ccccc3)cc2O)S(=O)(=O)[N-]1.[K+]. The van der Waals surface area contributed by atoms with Gasteiger partial charge in [-0.2, -0.15) is 0 Å². The van der Waals surface area contributed by atoms with E-state index >= 15 is 0 Å². The number of phenols is 1. The predicted octanol–water partition coefficient (Wildman–Crippen LogP) is -0.846. The molecule has 1 aliphatic rings. The van der Waals surface area contributed by atoms with Gasteiger partial charge in [0.2, 0.25) is 0 Å². The zero-order chi connectivity index (χ0) is 15.7. The Balaban J connectivity index is 0.00000192. The van der Waals surface area contributed by atoms with Gasteiger partial charge in [0, 0.05) is 6.07 Å². The molecule has 2 aromatic rings. The number of ether oxygens (including phenoxy) is 1. The van der Waals surface area contributed by atoms with E-state index in [0.29, 0.717) is 11.5 Å². The first kappa shape index (κ1) is 18.2. The van der Waals surface area contributed by atoms with Gasteiger partial charge in [0.1, 0.15) is 17.2 Å². The number of para-hydroxylation sites is 1. The summed E-state index contributed by atoms with van der Waals surface area (Å²) in [6, 6.07) is 13.1. The van der Waals surface area contributed by atoms with Gasteiger partial charge in [0.05, 0.1) is 18.1 Å². The van der Waals surface area contributed by atoms with Crippen molar-refractivity contribution in [3.63, 3.8) is 0 Å². The molecule has 0 bridgehead atoms. The number of phenolic OH excluding ortho intramolecular Hbond substituents is 1. The van der Waals surface area contributed by atoms with Crippen LogP contribution in [0.1, 0.15) is 0 Å². The zero-order valence-corrected chi connectivity index (χ0v) is 16.1. The Morgan fingerprint density at radius 3 is 2.35 bits per heavy atom. The molecule has 0 aromatic heterocycles. The van der Waals surface area contributed by atoms with Crippen molar-refractivity contribution in [2.24, 2.45) is 0 Å². The molecule has 1 aliphatic heterocycles. The molecule has 23 heavy (non-hydrogen) atoms. The third kappa shape index (κ3) is 4.05. The monoisotopic (exact) mass is 358 g/mol. The van der Waals surface area contributed by atoms with Gasteiger partial charge < -0.3 is 19.4 Å². The van der Waals surface area contributed by atoms with Crippen LogP contribution in [0.2, 0.25) is 0 Å². The molecule has 1 N–H and O–H groups in total. The van der Waals surface area contributed by atoms with Gasteiger partial charge in [-0.15, -0.1) is 0 Å². The maximum atomic E-state index is 11.7. The van der Waals surface area contributed by atoms with E-state index in [2.05, 4.69) is 4.72 Å². The van der Waals surface area contributed by atoms with E-state index in [0.717, 1.165) is 4.31 Å². The van der Waals surface area contributed by atoms with Gasteiger partial charge in [-0.1, -0.05) is 18.2 Å². The summed E-state index contributed by atoms with van der Waals surface area (Å²) in [5.41, 5.74) is -0.0185. The second-order valence-electron chi connectivity index (χ2n) is 4.54. The average molecular weight is 358 g/mol. The maximum absolute atomic E-state index is 11.7. The zero-order valence-electron chi connectivity index (χ0n) is 12.2. The van der Waals surface area contributed by atoms with Crippen LogP contribution >= 0.6 is 0 Å². The molecule has 3 rings (SSSR count). The van der Waals surface area contributed by atoms with Crippen molar-refractivity contribution in [2.45, 2.75) is 0 Å². The number of hydrogen-bond donors (Lipinski definition) is 1. The van der Waals surface area contributed by atoms with E-state index < -0.39 is 22.7 Å². The summed E-state index contributed by atoms with van der Waals surface area (Å²) in [5, 5.41) is 10.0. The molecule has 0 unspecified atom stereocenters. The second kappa shape index (κ2) is 7.20. The smallest absolute Gasteiger partial charge is 0.526 e. The van der Waals surface area contributed by atoms with Crippen LogP contribution in [0.4, 0.5) is 5.69 Å². The second-order valence-corrected chi connectivity index (χ2v) is 6.05. The van der Waals surface area contributed by atoms with Gasteiger partial charge in [-0.25, -0.2) is 8.42 Å². The van der Waals surface area contributed by atoms with Gasteiger partial charge in [-0.05, 0) is 24.3 Å². The molecule has 114 valence electrons. The molecule has 1 amide bonds. The van der Waals surface area contributed by atoms with Gasteiger partial charge >= 0.3 is 51.4 Å². The normalized spacial score (nSPS) is 15.7. The first-order chi connectivity index (χ1) is 10.5. The molecule has 0 atom stereocenters. The summed E-state index contributed by atoms with van der Waals surface area (Å²) < 4.78 is 32.7. The number of carbonyl (C=O) groups is 1. The van der Waals surface area contributed by atoms with E-state index in [1.807, 2.05) is 6.07 Å². The average Bonchev–Trinajstić information content (AvgIpc) is 2.73. The summed E-state index contributed by atoms with van der Waals surface area (Å²) in [4.78, 5) is 11.2. The Labute approximate surface area is 175 Å². The van der Waals surface area contributed by atoms with E-state index in [1.165, 1.54) is 18.2 Å². The summed E-state index contributed by atoms with van der Waals surface area (Å²) >= 11 is 0. The number of hydrogen-bond acceptors (Lipinski definition) is 5. The van der Waals surface area contributed by atoms with Crippen molar-refractivity contribution < 1.29 is 74.4 Å². The first-order valence-electron chi connectivity index (χ1n) is 6.30. The third-order valence-electron chi connectivity index (χ3n) is 2.97. The van der Waals surface area contributed by atoms with Crippen LogP contribution in [0.25, 0.3) is 4.72 Å². The van der Waals surface area contributed by atoms with Crippen molar-refractivity contribution in [2.75, 3.05) is 10.8 Å². The fraction of sp³-hybridized carbons (Fsp3) is 0.0714. The van der Waals surface area contributed by atoms with E-state index in [4.69, 9.17) is 4.74 Å². The molecule has 0 spiro atoms. The first-order valence-corrected chi connectivity index (χ1v) is 7.70. The van der Waals surface area contributed by atoms with Crippen LogP contribution in [0, 0.1) is 0 Å². The Morgan fingerprint density at radius 2 is 1.78 bits per heavy atom. The van der Waals surface area contributed by atoms with Crippen molar-refractivity contribution in [1.82, 2.24) is 0 Å². The summed E-state index contributed by atoms with van der Waals surface area (Å²) in [6.45, 7) is -0.422. The van der Waals surface area contributed by atoms with Crippen LogP contribution in [-0.2, 0) is 15.0 Å². The van der Waals surface area contributed by atoms with Crippen LogP contribution in [0.15, 0.2) is 48.5 Å². The van der Waals surface area contributed by atoms with Crippen LogP contribution < -0.4 is 60.4 Å². The Bertz CT molecular complexity index is 826. The van der Waals surface area contributed by atoms with Crippen molar-refractivity contribution in [3.05, 3.63) is 53.3 Å². The summed E-state index contributed by atoms with van der Waals surface area (Å²) in [7, 11) is -4.08. The number of rotatable bonds is 3. The Kier molecular flexibility index (Phi) is 5.71. The molecule has 1 fully saturated rings. The van der Waals surface area contributed by atoms with Crippen molar-refractivity contribution in [3.8, 4) is 17.2 Å². The molecule has 9 heteroatoms. The molecule has 0 radical (unpaired) electrons. The topological polar surface area (TPSA) is 98.0 Å². The van der Waals surface area contributed by atoms with Crippen molar-refractivity contribution >= 4 is 21.8 Å². The Morgan fingerprint density at radius 1 is 1.09 bits per heavy atom. The molecule has 0 saturated carbocycles. The number of anilines is 1. The number of nitrogens with zero attached hydrogens (tertiary/aromatic N) is 2. The fourth-order valence-corrected chi connectivity index (χ4v) is 3.11. The predicted molar refractivity (Wildman–Crippen MR) is 79.3 cm³/mol. The molecule has 1 heterocycles. The van der Waals surface area contributed by atoms with Gasteiger partial charge in [-0.3, -0.25) is 4.31 Å². The quantitative estimate of drug-likeness (QED) is 0.721. The van der Waals surface area contributed by atoms with Gasteiger partial charge in [0.15, 0.2) is 10.2 Å². The number of amides is 1. The number of aromatic hydroxyl groups is 1. The molecule has 1 saturated heterocycles. The maximum Gasteiger partial charge on any atom is 1.00 e. The van der Waals surface area contributed by atoms with E-state index in [-0.39, 0.29) is 62.8 Å². The minimum absolute atomic E-state index is 0. The largest absolute Gasteiger partial charge is 1.00 e. The van der Waals surface area contributed by atoms with Crippen LogP contribution in [0.3, 0.4) is 0 Å². The van der Waals surface area contributed by atoms with Crippen LogP contribution in [0.5, 0.6) is 17.2 Å². The molecule has 7 nitrogen and oxygen atoms in total. The fourth-order valence-electron chi connectivity index (χ4n) is 2.02. The van der Waals surface area contributed by atoms with Crippen molar-refractivity contribution in [1.29, 1.82) is 0 Å². The molecule has 0 aliphatic carbocycles. The summed E-state index contributed by atoms with van der Waals surface area (Å²) in [6.07, 6.45) is 0. The molecule has 2 aromatic carbocycles. The minimum atomic E-state index is -4.08. The standard InChI is InChI=1S/C14H12N2O5S.K/c17-13-8-11(21-10-4-2-1-3-5-10)6-7-12(13)16-9-14(18)15-22(16,19)20;/h1-8H,9H2,(H2,15,17,18);/q;+1/p-1. The Hall–Kier alpha value is -1.10. The molecular formula is C14H11KN2O5S.